The van der Waals surface area contributed by atoms with Crippen LogP contribution in [0.25, 0.3) is 0 Å². The summed E-state index contributed by atoms with van der Waals surface area (Å²) in [7, 11) is -4.57. The maximum absolute atomic E-state index is 11.1. The van der Waals surface area contributed by atoms with Gasteiger partial charge >= 0.3 is 13.8 Å². The molecule has 1 aromatic rings. The summed E-state index contributed by atoms with van der Waals surface area (Å²) in [4.78, 5) is 29.3. The van der Waals surface area contributed by atoms with E-state index in [0.29, 0.717) is 0 Å². The Kier molecular flexibility index (Phi) is 3.60. The summed E-state index contributed by atoms with van der Waals surface area (Å²) < 4.78 is 19.4. The first-order chi connectivity index (χ1) is 7.03. The topological polar surface area (TPSA) is 89.9 Å². The van der Waals surface area contributed by atoms with Crippen molar-refractivity contribution < 1.29 is 28.1 Å². The Bertz CT molecular complexity index is 401. The highest BCUT2D eigenvalue weighted by molar-refractivity contribution is 7.48. The van der Waals surface area contributed by atoms with Crippen molar-refractivity contribution in [3.63, 3.8) is 0 Å². The van der Waals surface area contributed by atoms with Crippen molar-refractivity contribution in [3.05, 3.63) is 30.3 Å². The van der Waals surface area contributed by atoms with Crippen LogP contribution in [0.4, 0.5) is 0 Å². The molecule has 0 aromatic heterocycles. The normalized spacial score (nSPS) is 13.7. The van der Waals surface area contributed by atoms with E-state index in [1.165, 1.54) is 12.1 Å². The first-order valence-corrected chi connectivity index (χ1v) is 5.29. The van der Waals surface area contributed by atoms with Crippen molar-refractivity contribution >= 4 is 20.1 Å². The number of phosphoric acid groups is 1. The molecule has 0 amide bonds. The van der Waals surface area contributed by atoms with Crippen molar-refractivity contribution in [2.75, 3.05) is 0 Å². The third-order valence-corrected chi connectivity index (χ3v) is 2.12. The second-order valence-electron chi connectivity index (χ2n) is 2.40. The molecular formula is C8H7O6P. The predicted molar refractivity (Wildman–Crippen MR) is 49.1 cm³/mol. The van der Waals surface area contributed by atoms with Crippen molar-refractivity contribution in [1.29, 1.82) is 0 Å². The number of carbonyl (C=O) groups is 2. The molecule has 0 aliphatic carbocycles. The Balaban J connectivity index is 2.69. The molecule has 1 aromatic carbocycles. The summed E-state index contributed by atoms with van der Waals surface area (Å²) in [6.45, 7) is 0. The van der Waals surface area contributed by atoms with E-state index in [4.69, 9.17) is 4.89 Å². The quantitative estimate of drug-likeness (QED) is 0.469. The van der Waals surface area contributed by atoms with Gasteiger partial charge in [-0.05, 0) is 12.1 Å². The molecule has 0 radical (unpaired) electrons. The number of para-hydroxylation sites is 1. The van der Waals surface area contributed by atoms with E-state index < -0.39 is 13.8 Å². The van der Waals surface area contributed by atoms with Gasteiger partial charge in [-0.15, -0.1) is 0 Å². The summed E-state index contributed by atoms with van der Waals surface area (Å²) >= 11 is 0. The van der Waals surface area contributed by atoms with Crippen LogP contribution in [-0.4, -0.2) is 17.1 Å². The number of hydrogen-bond acceptors (Lipinski definition) is 5. The first kappa shape index (κ1) is 11.4. The minimum atomic E-state index is -4.57. The molecule has 80 valence electrons. The summed E-state index contributed by atoms with van der Waals surface area (Å²) in [6, 6.07) is 7.61. The summed E-state index contributed by atoms with van der Waals surface area (Å²) in [5.41, 5.74) is 0. The number of carbonyl (C=O) groups excluding carboxylic acids is 2. The Morgan fingerprint density at radius 2 is 1.93 bits per heavy atom. The van der Waals surface area contributed by atoms with E-state index in [-0.39, 0.29) is 12.0 Å². The fourth-order valence-corrected chi connectivity index (χ4v) is 1.46. The lowest BCUT2D eigenvalue weighted by Crippen LogP contribution is -2.06. The van der Waals surface area contributed by atoms with Gasteiger partial charge in [-0.25, -0.2) is 9.36 Å². The highest BCUT2D eigenvalue weighted by atomic mass is 31.2. The second kappa shape index (κ2) is 4.72. The van der Waals surface area contributed by atoms with E-state index >= 15 is 0 Å². The number of benzene rings is 1. The average molecular weight is 230 g/mol. The van der Waals surface area contributed by atoms with E-state index in [0.717, 1.165) is 0 Å². The maximum atomic E-state index is 11.1. The fourth-order valence-electron chi connectivity index (χ4n) is 0.768. The molecule has 1 N–H and O–H groups in total. The number of rotatable bonds is 4. The van der Waals surface area contributed by atoms with Crippen molar-refractivity contribution in [1.82, 2.24) is 0 Å². The van der Waals surface area contributed by atoms with Crippen LogP contribution in [0.5, 0.6) is 5.75 Å². The van der Waals surface area contributed by atoms with Crippen LogP contribution in [0.2, 0.25) is 0 Å². The predicted octanol–water partition coefficient (Wildman–Crippen LogP) is 0.908. The molecule has 1 unspecified atom stereocenters. The average Bonchev–Trinajstić information content (AvgIpc) is 2.17. The zero-order valence-electron chi connectivity index (χ0n) is 7.40. The first-order valence-electron chi connectivity index (χ1n) is 3.80. The molecule has 0 spiro atoms. The van der Waals surface area contributed by atoms with E-state index in [2.05, 4.69) is 9.05 Å². The number of hydrogen-bond donors (Lipinski definition) is 1. The zero-order chi connectivity index (χ0) is 11.3. The standard InChI is InChI=1S/C8H7O6P/c9-6-8(10)14-15(11,12)13-7-4-2-1-3-5-7/h1-6H,(H,11,12). The third kappa shape index (κ3) is 3.93. The van der Waals surface area contributed by atoms with Gasteiger partial charge in [0.25, 0.3) is 0 Å². The molecule has 0 saturated carbocycles. The van der Waals surface area contributed by atoms with Gasteiger partial charge in [0.15, 0.2) is 0 Å². The Morgan fingerprint density at radius 1 is 1.33 bits per heavy atom. The maximum Gasteiger partial charge on any atom is 0.587 e. The van der Waals surface area contributed by atoms with E-state index in [9.17, 15) is 14.2 Å². The van der Waals surface area contributed by atoms with Gasteiger partial charge in [-0.2, -0.15) is 0 Å². The smallest absolute Gasteiger partial charge is 0.395 e. The van der Waals surface area contributed by atoms with Crippen LogP contribution in [0.3, 0.4) is 0 Å². The highest BCUT2D eigenvalue weighted by Gasteiger charge is 2.27. The van der Waals surface area contributed by atoms with Gasteiger partial charge in [0, 0.05) is 0 Å². The number of aldehydes is 1. The minimum absolute atomic E-state index is 0.0574. The summed E-state index contributed by atoms with van der Waals surface area (Å²) in [5.74, 6) is -1.40. The van der Waals surface area contributed by atoms with E-state index in [1.54, 1.807) is 18.2 Å². The van der Waals surface area contributed by atoms with Crippen LogP contribution in [-0.2, 0) is 18.7 Å². The highest BCUT2D eigenvalue weighted by Crippen LogP contribution is 2.43. The second-order valence-corrected chi connectivity index (χ2v) is 3.70. The van der Waals surface area contributed by atoms with Gasteiger partial charge in [0.05, 0.1) is 0 Å². The summed E-state index contributed by atoms with van der Waals surface area (Å²) in [5, 5.41) is 0. The Hall–Kier alpha value is -1.65. The molecule has 0 fully saturated rings. The van der Waals surface area contributed by atoms with Crippen LogP contribution in [0, 0.1) is 0 Å². The van der Waals surface area contributed by atoms with Gasteiger partial charge in [-0.3, -0.25) is 9.69 Å². The lowest BCUT2D eigenvalue weighted by Gasteiger charge is -2.10. The lowest BCUT2D eigenvalue weighted by molar-refractivity contribution is -0.142. The molecular weight excluding hydrogens is 223 g/mol. The molecule has 0 aliphatic heterocycles. The molecule has 1 rings (SSSR count). The molecule has 0 saturated heterocycles. The third-order valence-electron chi connectivity index (χ3n) is 1.27. The summed E-state index contributed by atoms with van der Waals surface area (Å²) in [6.07, 6.45) is -0.225. The van der Waals surface area contributed by atoms with E-state index in [1.807, 2.05) is 0 Å². The Morgan fingerprint density at radius 3 is 2.47 bits per heavy atom. The largest absolute Gasteiger partial charge is 0.587 e. The van der Waals surface area contributed by atoms with Crippen LogP contribution >= 0.6 is 7.82 Å². The monoisotopic (exact) mass is 230 g/mol. The minimum Gasteiger partial charge on any atom is -0.395 e. The molecule has 0 aliphatic rings. The van der Waals surface area contributed by atoms with Gasteiger partial charge < -0.3 is 9.05 Å². The molecule has 1 atom stereocenters. The number of phosphoric ester groups is 1. The molecule has 0 heterocycles. The zero-order valence-corrected chi connectivity index (χ0v) is 8.29. The van der Waals surface area contributed by atoms with Crippen LogP contribution in [0.1, 0.15) is 0 Å². The fraction of sp³-hybridized carbons (Fsp3) is 0. The van der Waals surface area contributed by atoms with Gasteiger partial charge in [0.2, 0.25) is 6.29 Å². The molecule has 6 nitrogen and oxygen atoms in total. The lowest BCUT2D eigenvalue weighted by atomic mass is 10.3. The molecule has 7 heteroatoms. The molecule has 0 bridgehead atoms. The van der Waals surface area contributed by atoms with Crippen LogP contribution < -0.4 is 4.52 Å². The molecule has 15 heavy (non-hydrogen) atoms. The van der Waals surface area contributed by atoms with Crippen molar-refractivity contribution in [2.24, 2.45) is 0 Å². The van der Waals surface area contributed by atoms with Crippen molar-refractivity contribution in [2.45, 2.75) is 0 Å². The van der Waals surface area contributed by atoms with Gasteiger partial charge in [-0.1, -0.05) is 18.2 Å². The SMILES string of the molecule is O=CC(=O)OP(=O)(O)Oc1ccccc1. The van der Waals surface area contributed by atoms with Gasteiger partial charge in [0.1, 0.15) is 5.75 Å². The van der Waals surface area contributed by atoms with Crippen LogP contribution in [0.15, 0.2) is 30.3 Å². The Labute approximate surface area is 85.1 Å². The van der Waals surface area contributed by atoms with Crippen molar-refractivity contribution in [3.8, 4) is 5.75 Å².